The normalized spacial score (nSPS) is 11.3. The van der Waals surface area contributed by atoms with E-state index < -0.39 is 21.7 Å². The number of rotatable bonds is 8. The minimum atomic E-state index is -4.06. The average molecular weight is 519 g/mol. The van der Waals surface area contributed by atoms with E-state index in [-0.39, 0.29) is 22.5 Å². The standard InChI is InChI=1S/C23H20F2N4O4S2/c1-13-8-16(26-10-15-4-3-5-20(33-2)21(15)30)11-27-22(13)35(31,32)29-23-28-19(12-34-23)14-6-7-17(24)18(25)9-14/h3-9,11-12,26,30H,10H2,1-2H3,(H,28,29). The maximum absolute atomic E-state index is 13.5. The Balaban J connectivity index is 1.48. The van der Waals surface area contributed by atoms with Gasteiger partial charge in [0.2, 0.25) is 0 Å². The highest BCUT2D eigenvalue weighted by atomic mass is 32.2. The lowest BCUT2D eigenvalue weighted by atomic mass is 10.2. The van der Waals surface area contributed by atoms with Crippen LogP contribution in [0.3, 0.4) is 0 Å². The number of thiazole rings is 1. The molecule has 0 aliphatic carbocycles. The van der Waals surface area contributed by atoms with Gasteiger partial charge in [0.1, 0.15) is 0 Å². The number of nitrogens with zero attached hydrogens (tertiary/aromatic N) is 2. The summed E-state index contributed by atoms with van der Waals surface area (Å²) in [5.74, 6) is -1.64. The molecule has 2 heterocycles. The highest BCUT2D eigenvalue weighted by molar-refractivity contribution is 7.92. The van der Waals surface area contributed by atoms with Crippen LogP contribution in [0.4, 0.5) is 19.6 Å². The van der Waals surface area contributed by atoms with E-state index in [0.717, 1.165) is 23.5 Å². The van der Waals surface area contributed by atoms with E-state index in [1.165, 1.54) is 24.8 Å². The third-order valence-electron chi connectivity index (χ3n) is 5.01. The Labute approximate surface area is 204 Å². The van der Waals surface area contributed by atoms with Crippen LogP contribution < -0.4 is 14.8 Å². The lowest BCUT2D eigenvalue weighted by molar-refractivity contribution is 0.371. The number of aryl methyl sites for hydroxylation is 1. The summed E-state index contributed by atoms with van der Waals surface area (Å²) in [5.41, 5.74) is 2.16. The largest absolute Gasteiger partial charge is 0.504 e. The first-order valence-electron chi connectivity index (χ1n) is 10.2. The molecule has 0 spiro atoms. The molecule has 0 saturated carbocycles. The third kappa shape index (κ3) is 5.33. The first kappa shape index (κ1) is 24.4. The number of sulfonamides is 1. The predicted molar refractivity (Wildman–Crippen MR) is 129 cm³/mol. The van der Waals surface area contributed by atoms with Crippen molar-refractivity contribution in [1.82, 2.24) is 9.97 Å². The highest BCUT2D eigenvalue weighted by Gasteiger charge is 2.21. The smallest absolute Gasteiger partial charge is 0.281 e. The summed E-state index contributed by atoms with van der Waals surface area (Å²) >= 11 is 1.00. The number of aromatic hydroxyl groups is 1. The topological polar surface area (TPSA) is 113 Å². The zero-order chi connectivity index (χ0) is 25.2. The van der Waals surface area contributed by atoms with Crippen molar-refractivity contribution in [3.05, 3.63) is 76.8 Å². The summed E-state index contributed by atoms with van der Waals surface area (Å²) in [4.78, 5) is 8.25. The monoisotopic (exact) mass is 518 g/mol. The molecule has 2 aromatic heterocycles. The second kappa shape index (κ2) is 9.84. The van der Waals surface area contributed by atoms with Gasteiger partial charge >= 0.3 is 0 Å². The number of hydrogen-bond donors (Lipinski definition) is 3. The molecule has 4 rings (SSSR count). The number of halogens is 2. The Hall–Kier alpha value is -3.77. The number of phenols is 1. The average Bonchev–Trinajstić information content (AvgIpc) is 3.27. The Kier molecular flexibility index (Phi) is 6.85. The van der Waals surface area contributed by atoms with Crippen LogP contribution in [-0.2, 0) is 16.6 Å². The predicted octanol–water partition coefficient (Wildman–Crippen LogP) is 4.92. The molecule has 0 amide bonds. The van der Waals surface area contributed by atoms with Gasteiger partial charge < -0.3 is 15.2 Å². The van der Waals surface area contributed by atoms with E-state index in [4.69, 9.17) is 4.74 Å². The number of benzene rings is 2. The second-order valence-corrected chi connectivity index (χ2v) is 9.90. The number of anilines is 2. The van der Waals surface area contributed by atoms with Gasteiger partial charge in [0.05, 0.1) is 24.7 Å². The number of methoxy groups -OCH3 is 1. The molecular weight excluding hydrogens is 498 g/mol. The van der Waals surface area contributed by atoms with E-state index >= 15 is 0 Å². The van der Waals surface area contributed by atoms with Crippen LogP contribution in [0.25, 0.3) is 11.3 Å². The molecule has 0 radical (unpaired) electrons. The lowest BCUT2D eigenvalue weighted by Crippen LogP contribution is -2.16. The van der Waals surface area contributed by atoms with Gasteiger partial charge in [0.15, 0.2) is 33.3 Å². The van der Waals surface area contributed by atoms with Crippen molar-refractivity contribution in [2.24, 2.45) is 0 Å². The molecular formula is C23H20F2N4O4S2. The van der Waals surface area contributed by atoms with Crippen molar-refractivity contribution in [2.75, 3.05) is 17.1 Å². The Morgan fingerprint density at radius 1 is 1.14 bits per heavy atom. The first-order chi connectivity index (χ1) is 16.7. The maximum Gasteiger partial charge on any atom is 0.281 e. The van der Waals surface area contributed by atoms with Gasteiger partial charge in [0.25, 0.3) is 10.0 Å². The van der Waals surface area contributed by atoms with E-state index in [2.05, 4.69) is 20.0 Å². The molecule has 2 aromatic carbocycles. The Morgan fingerprint density at radius 3 is 2.66 bits per heavy atom. The molecule has 0 aliphatic rings. The van der Waals surface area contributed by atoms with Gasteiger partial charge in [-0.1, -0.05) is 12.1 Å². The second-order valence-electron chi connectivity index (χ2n) is 7.44. The summed E-state index contributed by atoms with van der Waals surface area (Å²) in [6.45, 7) is 1.87. The van der Waals surface area contributed by atoms with Crippen molar-refractivity contribution in [2.45, 2.75) is 18.5 Å². The van der Waals surface area contributed by atoms with Crippen LogP contribution in [0.1, 0.15) is 11.1 Å². The first-order valence-corrected chi connectivity index (χ1v) is 12.5. The lowest BCUT2D eigenvalue weighted by Gasteiger charge is -2.12. The van der Waals surface area contributed by atoms with E-state index in [1.807, 2.05) is 0 Å². The molecule has 0 aliphatic heterocycles. The summed E-state index contributed by atoms with van der Waals surface area (Å²) in [5, 5.41) is 14.7. The van der Waals surface area contributed by atoms with Gasteiger partial charge in [-0.15, -0.1) is 11.3 Å². The number of nitrogens with one attached hydrogen (secondary N) is 2. The summed E-state index contributed by atoms with van der Waals surface area (Å²) in [7, 11) is -2.60. The Morgan fingerprint density at radius 2 is 1.94 bits per heavy atom. The summed E-state index contributed by atoms with van der Waals surface area (Å²) in [6.07, 6.45) is 1.37. The number of aromatic nitrogens is 2. The van der Waals surface area contributed by atoms with E-state index in [0.29, 0.717) is 33.8 Å². The fourth-order valence-electron chi connectivity index (χ4n) is 3.28. The van der Waals surface area contributed by atoms with E-state index in [9.17, 15) is 22.3 Å². The van der Waals surface area contributed by atoms with Crippen molar-refractivity contribution in [3.63, 3.8) is 0 Å². The SMILES string of the molecule is COc1cccc(CNc2cnc(S(=O)(=O)Nc3nc(-c4ccc(F)c(F)c4)cs3)c(C)c2)c1O. The van der Waals surface area contributed by atoms with Crippen LogP contribution in [0.2, 0.25) is 0 Å². The number of hydrogen-bond acceptors (Lipinski definition) is 8. The third-order valence-corrected chi connectivity index (χ3v) is 7.30. The Bertz CT molecular complexity index is 1490. The highest BCUT2D eigenvalue weighted by Crippen LogP contribution is 2.31. The zero-order valence-electron chi connectivity index (χ0n) is 18.5. The summed E-state index contributed by atoms with van der Waals surface area (Å²) < 4.78 is 59.9. The van der Waals surface area contributed by atoms with Crippen LogP contribution >= 0.6 is 11.3 Å². The van der Waals surface area contributed by atoms with Crippen LogP contribution in [0.5, 0.6) is 11.5 Å². The fourth-order valence-corrected chi connectivity index (χ4v) is 5.42. The van der Waals surface area contributed by atoms with Gasteiger partial charge in [-0.25, -0.2) is 18.7 Å². The number of phenolic OH excluding ortho intramolecular Hbond substituents is 1. The molecule has 3 N–H and O–H groups in total. The molecule has 0 atom stereocenters. The number of pyridine rings is 1. The minimum absolute atomic E-state index is 0.0155. The quantitative estimate of drug-likeness (QED) is 0.303. The summed E-state index contributed by atoms with van der Waals surface area (Å²) in [6, 6.07) is 10.1. The molecule has 0 fully saturated rings. The molecule has 0 bridgehead atoms. The molecule has 0 unspecified atom stereocenters. The van der Waals surface area contributed by atoms with Crippen molar-refractivity contribution < 1.29 is 27.0 Å². The maximum atomic E-state index is 13.5. The number of para-hydroxylation sites is 1. The van der Waals surface area contributed by atoms with Gasteiger partial charge in [0, 0.05) is 23.1 Å². The molecule has 12 heteroatoms. The molecule has 182 valence electrons. The fraction of sp³-hybridized carbons (Fsp3) is 0.130. The van der Waals surface area contributed by atoms with Gasteiger partial charge in [-0.3, -0.25) is 4.72 Å². The number of ether oxygens (including phenoxy) is 1. The van der Waals surface area contributed by atoms with Crippen LogP contribution in [0, 0.1) is 18.6 Å². The van der Waals surface area contributed by atoms with Gasteiger partial charge in [-0.05, 0) is 42.8 Å². The van der Waals surface area contributed by atoms with Crippen LogP contribution in [-0.4, -0.2) is 30.6 Å². The molecule has 4 aromatic rings. The molecule has 0 saturated heterocycles. The van der Waals surface area contributed by atoms with E-state index in [1.54, 1.807) is 31.2 Å². The molecule has 8 nitrogen and oxygen atoms in total. The minimum Gasteiger partial charge on any atom is -0.504 e. The van der Waals surface area contributed by atoms with Crippen molar-refractivity contribution in [1.29, 1.82) is 0 Å². The van der Waals surface area contributed by atoms with Crippen molar-refractivity contribution >= 4 is 32.2 Å². The van der Waals surface area contributed by atoms with Crippen LogP contribution in [0.15, 0.2) is 59.1 Å². The van der Waals surface area contributed by atoms with Gasteiger partial charge in [-0.2, -0.15) is 8.42 Å². The molecule has 35 heavy (non-hydrogen) atoms. The zero-order valence-corrected chi connectivity index (χ0v) is 20.2. The van der Waals surface area contributed by atoms with Crippen molar-refractivity contribution in [3.8, 4) is 22.8 Å².